The molecule has 2 aliphatic rings. The van der Waals surface area contributed by atoms with E-state index in [2.05, 4.69) is 10.6 Å². The molecule has 5 nitrogen and oxygen atoms in total. The summed E-state index contributed by atoms with van der Waals surface area (Å²) in [5.74, 6) is -0.143. The lowest BCUT2D eigenvalue weighted by atomic mass is 9.83. The Morgan fingerprint density at radius 3 is 2.20 bits per heavy atom. The number of amides is 2. The molecule has 0 aromatic carbocycles. The molecule has 20 heavy (non-hydrogen) atoms. The molecule has 2 rings (SSSR count). The van der Waals surface area contributed by atoms with Crippen molar-refractivity contribution in [3.05, 3.63) is 0 Å². The summed E-state index contributed by atoms with van der Waals surface area (Å²) < 4.78 is 0. The summed E-state index contributed by atoms with van der Waals surface area (Å²) in [6, 6.07) is -0.325. The number of carbonyl (C=O) groups excluding carboxylic acids is 1. The number of rotatable bonds is 5. The van der Waals surface area contributed by atoms with Gasteiger partial charge in [0.05, 0.1) is 0 Å². The number of urea groups is 1. The predicted molar refractivity (Wildman–Crippen MR) is 76.6 cm³/mol. The van der Waals surface area contributed by atoms with Crippen molar-refractivity contribution in [1.29, 1.82) is 0 Å². The number of nitrogens with one attached hydrogen (secondary N) is 2. The second kappa shape index (κ2) is 6.95. The molecule has 0 atom stereocenters. The maximum Gasteiger partial charge on any atom is 0.329 e. The van der Waals surface area contributed by atoms with Crippen molar-refractivity contribution in [2.45, 2.75) is 69.7 Å². The van der Waals surface area contributed by atoms with Crippen molar-refractivity contribution in [3.8, 4) is 0 Å². The molecule has 2 fully saturated rings. The smallest absolute Gasteiger partial charge is 0.329 e. The molecule has 0 spiro atoms. The van der Waals surface area contributed by atoms with E-state index in [4.69, 9.17) is 0 Å². The Morgan fingerprint density at radius 1 is 1.05 bits per heavy atom. The number of carboxylic acids is 1. The van der Waals surface area contributed by atoms with Crippen LogP contribution in [0.25, 0.3) is 0 Å². The Hall–Kier alpha value is -1.26. The third kappa shape index (κ3) is 3.87. The van der Waals surface area contributed by atoms with Gasteiger partial charge in [-0.3, -0.25) is 0 Å². The molecular formula is C15H26N2O3. The van der Waals surface area contributed by atoms with Crippen LogP contribution in [0.1, 0.15) is 64.2 Å². The summed E-state index contributed by atoms with van der Waals surface area (Å²) in [5, 5.41) is 15.0. The average molecular weight is 282 g/mol. The molecule has 0 bridgehead atoms. The van der Waals surface area contributed by atoms with Crippen LogP contribution in [0.15, 0.2) is 0 Å². The summed E-state index contributed by atoms with van der Waals surface area (Å²) in [5.41, 5.74) is -1.06. The van der Waals surface area contributed by atoms with Crippen LogP contribution in [0.2, 0.25) is 0 Å². The third-order valence-electron chi connectivity index (χ3n) is 4.78. The van der Waals surface area contributed by atoms with Gasteiger partial charge in [0.15, 0.2) is 0 Å². The maximum atomic E-state index is 11.9. The molecule has 2 aliphatic carbocycles. The Labute approximate surface area is 120 Å². The van der Waals surface area contributed by atoms with Crippen LogP contribution in [0.5, 0.6) is 0 Å². The zero-order valence-electron chi connectivity index (χ0n) is 12.1. The van der Waals surface area contributed by atoms with E-state index in [1.807, 2.05) is 0 Å². The van der Waals surface area contributed by atoms with Gasteiger partial charge < -0.3 is 15.7 Å². The highest BCUT2D eigenvalue weighted by Gasteiger charge is 2.40. The first-order valence-corrected chi connectivity index (χ1v) is 7.92. The van der Waals surface area contributed by atoms with Crippen LogP contribution < -0.4 is 10.6 Å². The predicted octanol–water partition coefficient (Wildman–Crippen LogP) is 2.65. The Balaban J connectivity index is 1.80. The third-order valence-corrected chi connectivity index (χ3v) is 4.78. The van der Waals surface area contributed by atoms with Crippen LogP contribution >= 0.6 is 0 Å². The second-order valence-electron chi connectivity index (χ2n) is 6.27. The van der Waals surface area contributed by atoms with Gasteiger partial charge >= 0.3 is 12.0 Å². The average Bonchev–Trinajstić information content (AvgIpc) is 2.59. The van der Waals surface area contributed by atoms with Crippen LogP contribution in [-0.4, -0.2) is 29.2 Å². The number of hydrogen-bond donors (Lipinski definition) is 3. The Kier molecular flexibility index (Phi) is 5.26. The van der Waals surface area contributed by atoms with Crippen LogP contribution in [0, 0.1) is 5.92 Å². The van der Waals surface area contributed by atoms with Crippen molar-refractivity contribution in [1.82, 2.24) is 10.6 Å². The monoisotopic (exact) mass is 282 g/mol. The zero-order valence-corrected chi connectivity index (χ0v) is 12.1. The second-order valence-corrected chi connectivity index (χ2v) is 6.27. The number of hydrogen-bond acceptors (Lipinski definition) is 2. The summed E-state index contributed by atoms with van der Waals surface area (Å²) >= 11 is 0. The van der Waals surface area contributed by atoms with Gasteiger partial charge in [0.25, 0.3) is 0 Å². The molecule has 2 saturated carbocycles. The normalized spacial score (nSPS) is 22.4. The van der Waals surface area contributed by atoms with Crippen molar-refractivity contribution in [3.63, 3.8) is 0 Å². The standard InChI is InChI=1S/C15H26N2O3/c18-13(19)15(9-3-1-2-4-10-15)17-14(20)16-11-8-12-6-5-7-12/h12H,1-11H2,(H,18,19)(H2,16,17,20). The summed E-state index contributed by atoms with van der Waals surface area (Å²) in [4.78, 5) is 23.5. The van der Waals surface area contributed by atoms with Crippen LogP contribution in [-0.2, 0) is 4.79 Å². The van der Waals surface area contributed by atoms with E-state index in [9.17, 15) is 14.7 Å². The maximum absolute atomic E-state index is 11.9. The fraction of sp³-hybridized carbons (Fsp3) is 0.867. The molecule has 3 N–H and O–H groups in total. The molecule has 0 aromatic heterocycles. The van der Waals surface area contributed by atoms with Gasteiger partial charge in [-0.25, -0.2) is 9.59 Å². The first-order valence-electron chi connectivity index (χ1n) is 7.92. The molecular weight excluding hydrogens is 256 g/mol. The molecule has 0 unspecified atom stereocenters. The zero-order chi connectivity index (χ0) is 14.4. The molecule has 0 aromatic rings. The molecule has 0 heterocycles. The summed E-state index contributed by atoms with van der Waals surface area (Å²) in [7, 11) is 0. The topological polar surface area (TPSA) is 78.4 Å². The first-order chi connectivity index (χ1) is 9.62. The molecule has 5 heteroatoms. The van der Waals surface area contributed by atoms with E-state index in [0.29, 0.717) is 19.4 Å². The molecule has 2 amide bonds. The summed E-state index contributed by atoms with van der Waals surface area (Å²) in [6.45, 7) is 0.645. The van der Waals surface area contributed by atoms with Crippen molar-refractivity contribution < 1.29 is 14.7 Å². The number of carbonyl (C=O) groups is 2. The van der Waals surface area contributed by atoms with Crippen LogP contribution in [0.4, 0.5) is 4.79 Å². The van der Waals surface area contributed by atoms with Gasteiger partial charge in [0, 0.05) is 6.54 Å². The van der Waals surface area contributed by atoms with E-state index >= 15 is 0 Å². The lowest BCUT2D eigenvalue weighted by Crippen LogP contribution is -2.57. The SMILES string of the molecule is O=C(NCCC1CCC1)NC1(C(=O)O)CCCCCC1. The highest BCUT2D eigenvalue weighted by molar-refractivity contribution is 5.86. The lowest BCUT2D eigenvalue weighted by molar-refractivity contribution is -0.145. The minimum absolute atomic E-state index is 0.325. The van der Waals surface area contributed by atoms with E-state index in [-0.39, 0.29) is 6.03 Å². The fourth-order valence-electron chi connectivity index (χ4n) is 3.16. The molecule has 0 radical (unpaired) electrons. The van der Waals surface area contributed by atoms with Gasteiger partial charge in [-0.2, -0.15) is 0 Å². The van der Waals surface area contributed by atoms with Crippen LogP contribution in [0.3, 0.4) is 0 Å². The fourth-order valence-corrected chi connectivity index (χ4v) is 3.16. The van der Waals surface area contributed by atoms with Crippen molar-refractivity contribution >= 4 is 12.0 Å². The van der Waals surface area contributed by atoms with Gasteiger partial charge in [-0.1, -0.05) is 44.9 Å². The molecule has 0 saturated heterocycles. The van der Waals surface area contributed by atoms with Crippen molar-refractivity contribution in [2.24, 2.45) is 5.92 Å². The Bertz CT molecular complexity index is 345. The van der Waals surface area contributed by atoms with E-state index in [0.717, 1.165) is 38.0 Å². The van der Waals surface area contributed by atoms with Gasteiger partial charge in [-0.05, 0) is 25.2 Å². The Morgan fingerprint density at radius 2 is 1.70 bits per heavy atom. The molecule has 0 aliphatic heterocycles. The molecule has 114 valence electrons. The summed E-state index contributed by atoms with van der Waals surface area (Å²) in [6.07, 6.45) is 9.78. The minimum Gasteiger partial charge on any atom is -0.480 e. The highest BCUT2D eigenvalue weighted by atomic mass is 16.4. The minimum atomic E-state index is -1.06. The lowest BCUT2D eigenvalue weighted by Gasteiger charge is -2.30. The quantitative estimate of drug-likeness (QED) is 0.678. The van der Waals surface area contributed by atoms with E-state index < -0.39 is 11.5 Å². The number of carboxylic acid groups (broad SMARTS) is 1. The van der Waals surface area contributed by atoms with Gasteiger partial charge in [0.1, 0.15) is 5.54 Å². The van der Waals surface area contributed by atoms with Gasteiger partial charge in [0.2, 0.25) is 0 Å². The highest BCUT2D eigenvalue weighted by Crippen LogP contribution is 2.29. The largest absolute Gasteiger partial charge is 0.480 e. The van der Waals surface area contributed by atoms with Gasteiger partial charge in [-0.15, -0.1) is 0 Å². The van der Waals surface area contributed by atoms with Crippen molar-refractivity contribution in [2.75, 3.05) is 6.54 Å². The number of aliphatic carboxylic acids is 1. The van der Waals surface area contributed by atoms with E-state index in [1.165, 1.54) is 19.3 Å². The van der Waals surface area contributed by atoms with E-state index in [1.54, 1.807) is 0 Å². The first kappa shape index (κ1) is 15.1.